The van der Waals surface area contributed by atoms with Crippen LogP contribution in [0.15, 0.2) is 47.2 Å². The van der Waals surface area contributed by atoms with E-state index in [1.165, 1.54) is 12.1 Å². The highest BCUT2D eigenvalue weighted by Gasteiger charge is 2.11. The third-order valence-corrected chi connectivity index (χ3v) is 4.78. The highest BCUT2D eigenvalue weighted by Crippen LogP contribution is 2.34. The lowest BCUT2D eigenvalue weighted by atomic mass is 10.1. The molecule has 0 bridgehead atoms. The Morgan fingerprint density at radius 3 is 2.71 bits per heavy atom. The van der Waals surface area contributed by atoms with Gasteiger partial charge >= 0.3 is 0 Å². The van der Waals surface area contributed by atoms with E-state index in [0.717, 1.165) is 21.7 Å². The van der Waals surface area contributed by atoms with Crippen molar-refractivity contribution in [3.63, 3.8) is 0 Å². The SMILES string of the molecule is N#Cc1ccc2c(c1)nc(Nc1ccc(F)c(Cl)c1)c1cscc12. The number of nitrogens with zero attached hydrogens (tertiary/aromatic N) is 2. The molecule has 4 aromatic rings. The van der Waals surface area contributed by atoms with Gasteiger partial charge in [-0.2, -0.15) is 16.6 Å². The number of nitrogens with one attached hydrogen (secondary N) is 1. The summed E-state index contributed by atoms with van der Waals surface area (Å²) in [7, 11) is 0. The summed E-state index contributed by atoms with van der Waals surface area (Å²) in [6.45, 7) is 0. The van der Waals surface area contributed by atoms with Gasteiger partial charge in [-0.15, -0.1) is 0 Å². The standard InChI is InChI=1S/C18H9ClFN3S/c19-15-6-11(2-4-16(15)20)22-18-14-9-24-8-13(14)12-3-1-10(7-21)5-17(12)23-18/h1-6,8-9H,(H,22,23). The van der Waals surface area contributed by atoms with E-state index in [1.54, 1.807) is 29.5 Å². The smallest absolute Gasteiger partial charge is 0.141 e. The molecule has 2 aromatic heterocycles. The zero-order chi connectivity index (χ0) is 16.7. The summed E-state index contributed by atoms with van der Waals surface area (Å²) in [5, 5.41) is 19.4. The van der Waals surface area contributed by atoms with E-state index >= 15 is 0 Å². The van der Waals surface area contributed by atoms with Crippen LogP contribution < -0.4 is 5.32 Å². The van der Waals surface area contributed by atoms with Crippen LogP contribution in [0.4, 0.5) is 15.9 Å². The number of thiophene rings is 1. The Kier molecular flexibility index (Phi) is 3.57. The molecule has 116 valence electrons. The fourth-order valence-electron chi connectivity index (χ4n) is 2.60. The summed E-state index contributed by atoms with van der Waals surface area (Å²) >= 11 is 7.42. The summed E-state index contributed by atoms with van der Waals surface area (Å²) in [6, 6.07) is 12.0. The normalized spacial score (nSPS) is 10.9. The molecule has 3 nitrogen and oxygen atoms in total. The Bertz CT molecular complexity index is 1130. The first-order valence-electron chi connectivity index (χ1n) is 7.07. The summed E-state index contributed by atoms with van der Waals surface area (Å²) in [4.78, 5) is 4.64. The van der Waals surface area contributed by atoms with Crippen LogP contribution in [0.25, 0.3) is 21.7 Å². The number of anilines is 2. The van der Waals surface area contributed by atoms with E-state index in [-0.39, 0.29) is 5.02 Å². The first-order chi connectivity index (χ1) is 11.7. The van der Waals surface area contributed by atoms with Crippen LogP contribution in [-0.2, 0) is 0 Å². The second-order valence-corrected chi connectivity index (χ2v) is 6.41. The van der Waals surface area contributed by atoms with Crippen molar-refractivity contribution in [2.75, 3.05) is 5.32 Å². The van der Waals surface area contributed by atoms with E-state index in [9.17, 15) is 4.39 Å². The van der Waals surface area contributed by atoms with Crippen molar-refractivity contribution >= 4 is 56.1 Å². The zero-order valence-electron chi connectivity index (χ0n) is 12.2. The Labute approximate surface area is 145 Å². The lowest BCUT2D eigenvalue weighted by molar-refractivity contribution is 0.628. The predicted molar refractivity (Wildman–Crippen MR) is 96.5 cm³/mol. The molecular weight excluding hydrogens is 345 g/mol. The van der Waals surface area contributed by atoms with Gasteiger partial charge in [0, 0.05) is 27.2 Å². The van der Waals surface area contributed by atoms with Crippen molar-refractivity contribution in [3.8, 4) is 6.07 Å². The number of benzene rings is 2. The maximum absolute atomic E-state index is 13.3. The quantitative estimate of drug-likeness (QED) is 0.491. The fourth-order valence-corrected chi connectivity index (χ4v) is 3.61. The summed E-state index contributed by atoms with van der Waals surface area (Å²) < 4.78 is 13.3. The summed E-state index contributed by atoms with van der Waals surface area (Å²) in [6.07, 6.45) is 0. The van der Waals surface area contributed by atoms with E-state index in [2.05, 4.69) is 16.4 Å². The maximum Gasteiger partial charge on any atom is 0.141 e. The number of hydrogen-bond donors (Lipinski definition) is 1. The van der Waals surface area contributed by atoms with Crippen LogP contribution in [0.2, 0.25) is 5.02 Å². The summed E-state index contributed by atoms with van der Waals surface area (Å²) in [5.74, 6) is 0.185. The topological polar surface area (TPSA) is 48.7 Å². The number of rotatable bonds is 2. The predicted octanol–water partition coefficient (Wildman–Crippen LogP) is 5.86. The van der Waals surface area contributed by atoms with E-state index in [1.807, 2.05) is 16.8 Å². The molecule has 0 saturated heterocycles. The molecule has 4 rings (SSSR count). The second kappa shape index (κ2) is 5.75. The van der Waals surface area contributed by atoms with Gasteiger partial charge in [0.25, 0.3) is 0 Å². The lowest BCUT2D eigenvalue weighted by Crippen LogP contribution is -1.96. The minimum atomic E-state index is -0.465. The van der Waals surface area contributed by atoms with Crippen molar-refractivity contribution in [3.05, 3.63) is 63.6 Å². The molecule has 0 spiro atoms. The Balaban J connectivity index is 1.90. The highest BCUT2D eigenvalue weighted by atomic mass is 35.5. The van der Waals surface area contributed by atoms with Gasteiger partial charge in [0.2, 0.25) is 0 Å². The van der Waals surface area contributed by atoms with Gasteiger partial charge < -0.3 is 5.32 Å². The van der Waals surface area contributed by atoms with Crippen LogP contribution in [0.1, 0.15) is 5.56 Å². The first kappa shape index (κ1) is 14.9. The fraction of sp³-hybridized carbons (Fsp3) is 0. The van der Waals surface area contributed by atoms with E-state index < -0.39 is 5.82 Å². The number of halogens is 2. The van der Waals surface area contributed by atoms with Gasteiger partial charge in [0.05, 0.1) is 22.2 Å². The van der Waals surface area contributed by atoms with Crippen LogP contribution >= 0.6 is 22.9 Å². The molecule has 0 amide bonds. The minimum Gasteiger partial charge on any atom is -0.340 e. The van der Waals surface area contributed by atoms with Gasteiger partial charge in [-0.05, 0) is 35.7 Å². The second-order valence-electron chi connectivity index (χ2n) is 5.26. The average molecular weight is 354 g/mol. The van der Waals surface area contributed by atoms with Crippen molar-refractivity contribution in [1.29, 1.82) is 5.26 Å². The number of hydrogen-bond acceptors (Lipinski definition) is 4. The van der Waals surface area contributed by atoms with Gasteiger partial charge in [0.15, 0.2) is 0 Å². The molecule has 0 unspecified atom stereocenters. The monoisotopic (exact) mass is 353 g/mol. The van der Waals surface area contributed by atoms with Gasteiger partial charge in [0.1, 0.15) is 11.6 Å². The molecule has 0 aliphatic rings. The van der Waals surface area contributed by atoms with Crippen molar-refractivity contribution in [1.82, 2.24) is 4.98 Å². The van der Waals surface area contributed by atoms with Gasteiger partial charge in [-0.1, -0.05) is 17.7 Å². The van der Waals surface area contributed by atoms with Crippen LogP contribution in [-0.4, -0.2) is 4.98 Å². The van der Waals surface area contributed by atoms with Crippen LogP contribution in [0, 0.1) is 17.1 Å². The number of pyridine rings is 1. The molecule has 0 saturated carbocycles. The number of nitriles is 1. The maximum atomic E-state index is 13.3. The molecule has 0 aliphatic carbocycles. The zero-order valence-corrected chi connectivity index (χ0v) is 13.7. The Morgan fingerprint density at radius 1 is 1.08 bits per heavy atom. The average Bonchev–Trinajstić information content (AvgIpc) is 3.08. The molecule has 24 heavy (non-hydrogen) atoms. The highest BCUT2D eigenvalue weighted by molar-refractivity contribution is 7.09. The van der Waals surface area contributed by atoms with Crippen LogP contribution in [0.5, 0.6) is 0 Å². The third-order valence-electron chi connectivity index (χ3n) is 3.75. The molecule has 1 N–H and O–H groups in total. The van der Waals surface area contributed by atoms with E-state index in [4.69, 9.17) is 16.9 Å². The first-order valence-corrected chi connectivity index (χ1v) is 8.39. The third kappa shape index (κ3) is 2.46. The molecule has 0 aliphatic heterocycles. The molecule has 2 aromatic carbocycles. The molecule has 0 fully saturated rings. The van der Waals surface area contributed by atoms with E-state index in [0.29, 0.717) is 17.1 Å². The number of fused-ring (bicyclic) bond motifs is 3. The lowest BCUT2D eigenvalue weighted by Gasteiger charge is -2.10. The molecular formula is C18H9ClFN3S. The van der Waals surface area contributed by atoms with Crippen molar-refractivity contribution in [2.24, 2.45) is 0 Å². The van der Waals surface area contributed by atoms with Gasteiger partial charge in [-0.25, -0.2) is 9.37 Å². The Morgan fingerprint density at radius 2 is 1.92 bits per heavy atom. The molecule has 2 heterocycles. The largest absolute Gasteiger partial charge is 0.340 e. The molecule has 0 atom stereocenters. The van der Waals surface area contributed by atoms with Crippen LogP contribution in [0.3, 0.4) is 0 Å². The minimum absolute atomic E-state index is 0.0501. The van der Waals surface area contributed by atoms with Crippen molar-refractivity contribution in [2.45, 2.75) is 0 Å². The number of aromatic nitrogens is 1. The summed E-state index contributed by atoms with van der Waals surface area (Å²) in [5.41, 5.74) is 1.94. The molecule has 0 radical (unpaired) electrons. The molecule has 6 heteroatoms. The van der Waals surface area contributed by atoms with Gasteiger partial charge in [-0.3, -0.25) is 0 Å². The Hall–Kier alpha value is -2.68. The van der Waals surface area contributed by atoms with Crippen molar-refractivity contribution < 1.29 is 4.39 Å².